The molecule has 1 aromatic carbocycles. The van der Waals surface area contributed by atoms with Crippen molar-refractivity contribution in [3.63, 3.8) is 0 Å². The van der Waals surface area contributed by atoms with Gasteiger partial charge in [-0.05, 0) is 36.8 Å². The highest BCUT2D eigenvalue weighted by Gasteiger charge is 2.22. The molecule has 1 saturated heterocycles. The van der Waals surface area contributed by atoms with E-state index in [1.54, 1.807) is 15.3 Å². The first-order chi connectivity index (χ1) is 16.2. The molecule has 8 heteroatoms. The normalized spacial score (nSPS) is 16.6. The average molecular weight is 441 g/mol. The average Bonchev–Trinajstić information content (AvgIpc) is 3.36. The van der Waals surface area contributed by atoms with Gasteiger partial charge in [0, 0.05) is 35.1 Å². The van der Waals surface area contributed by atoms with Crippen molar-refractivity contribution in [3.8, 4) is 16.8 Å². The summed E-state index contributed by atoms with van der Waals surface area (Å²) < 4.78 is 14.8. The van der Waals surface area contributed by atoms with Crippen LogP contribution < -0.4 is 5.69 Å². The first kappa shape index (κ1) is 19.9. The summed E-state index contributed by atoms with van der Waals surface area (Å²) >= 11 is 0. The van der Waals surface area contributed by atoms with Gasteiger partial charge in [0.05, 0.1) is 43.7 Å². The van der Waals surface area contributed by atoms with Crippen molar-refractivity contribution < 1.29 is 9.47 Å². The third-order valence-electron chi connectivity index (χ3n) is 6.13. The number of nitrogens with zero attached hydrogens (tertiary/aromatic N) is 4. The van der Waals surface area contributed by atoms with Crippen molar-refractivity contribution in [3.05, 3.63) is 77.1 Å². The zero-order valence-corrected chi connectivity index (χ0v) is 18.2. The third kappa shape index (κ3) is 3.44. The summed E-state index contributed by atoms with van der Waals surface area (Å²) in [7, 11) is 0. The molecule has 0 radical (unpaired) electrons. The van der Waals surface area contributed by atoms with Gasteiger partial charge >= 0.3 is 5.69 Å². The molecule has 0 aliphatic carbocycles. The maximum atomic E-state index is 13.6. The van der Waals surface area contributed by atoms with E-state index >= 15 is 0 Å². The summed E-state index contributed by atoms with van der Waals surface area (Å²) in [5.74, 6) is 0. The van der Waals surface area contributed by atoms with Gasteiger partial charge in [-0.3, -0.25) is 4.57 Å². The van der Waals surface area contributed by atoms with Crippen molar-refractivity contribution in [1.29, 1.82) is 0 Å². The maximum Gasteiger partial charge on any atom is 0.335 e. The largest absolute Gasteiger partial charge is 0.376 e. The van der Waals surface area contributed by atoms with E-state index in [-0.39, 0.29) is 11.8 Å². The summed E-state index contributed by atoms with van der Waals surface area (Å²) in [6.45, 7) is 4.02. The van der Waals surface area contributed by atoms with Crippen molar-refractivity contribution >= 4 is 22.2 Å². The van der Waals surface area contributed by atoms with Gasteiger partial charge in [0.15, 0.2) is 5.65 Å². The van der Waals surface area contributed by atoms with E-state index in [2.05, 4.69) is 23.0 Å². The van der Waals surface area contributed by atoms with E-state index in [9.17, 15) is 4.79 Å². The molecule has 1 aliphatic rings. The number of ether oxygens (including phenoxy) is 2. The van der Waals surface area contributed by atoms with Crippen LogP contribution >= 0.6 is 0 Å². The predicted octanol–water partition coefficient (Wildman–Crippen LogP) is 3.45. The number of para-hydroxylation sites is 1. The maximum absolute atomic E-state index is 13.6. The minimum Gasteiger partial charge on any atom is -0.376 e. The number of hydrogen-bond donors (Lipinski definition) is 1. The molecule has 1 atom stereocenters. The fourth-order valence-corrected chi connectivity index (χ4v) is 4.41. The Morgan fingerprint density at radius 2 is 1.91 bits per heavy atom. The highest BCUT2D eigenvalue weighted by molar-refractivity contribution is 5.86. The SMILES string of the molecule is Cc1c[nH]c2ncc(-c3cnc4c(c3)n(C[C@H]3COCCO3)c(=O)n4-c3ccccc3)cc12. The quantitative estimate of drug-likeness (QED) is 0.462. The number of aryl methyl sites for hydroxylation is 1. The minimum atomic E-state index is -0.185. The lowest BCUT2D eigenvalue weighted by Gasteiger charge is -2.23. The van der Waals surface area contributed by atoms with Gasteiger partial charge in [-0.15, -0.1) is 0 Å². The number of benzene rings is 1. The summed E-state index contributed by atoms with van der Waals surface area (Å²) in [6, 6.07) is 13.7. The molecule has 0 saturated carbocycles. The molecule has 6 rings (SSSR count). The van der Waals surface area contributed by atoms with Crippen molar-refractivity contribution in [1.82, 2.24) is 24.1 Å². The molecule has 0 bridgehead atoms. The Hall–Kier alpha value is -3.75. The monoisotopic (exact) mass is 441 g/mol. The van der Waals surface area contributed by atoms with Crippen LogP contribution in [0.1, 0.15) is 5.56 Å². The van der Waals surface area contributed by atoms with E-state index in [0.29, 0.717) is 32.0 Å². The second-order valence-electron chi connectivity index (χ2n) is 8.29. The smallest absolute Gasteiger partial charge is 0.335 e. The Bertz CT molecular complexity index is 1510. The van der Waals surface area contributed by atoms with Gasteiger partial charge < -0.3 is 14.5 Å². The van der Waals surface area contributed by atoms with Gasteiger partial charge in [0.2, 0.25) is 0 Å². The van der Waals surface area contributed by atoms with Gasteiger partial charge in [-0.2, -0.15) is 0 Å². The second-order valence-corrected chi connectivity index (χ2v) is 8.29. The van der Waals surface area contributed by atoms with Crippen LogP contribution in [0.5, 0.6) is 0 Å². The summed E-state index contributed by atoms with van der Waals surface area (Å²) in [4.78, 5) is 26.0. The number of rotatable bonds is 4. The molecule has 5 aromatic rings. The molecular weight excluding hydrogens is 418 g/mol. The summed E-state index contributed by atoms with van der Waals surface area (Å²) in [5.41, 5.74) is 5.82. The van der Waals surface area contributed by atoms with Crippen molar-refractivity contribution in [2.24, 2.45) is 0 Å². The van der Waals surface area contributed by atoms with Crippen molar-refractivity contribution in [2.45, 2.75) is 19.6 Å². The van der Waals surface area contributed by atoms with Crippen LogP contribution in [0.3, 0.4) is 0 Å². The molecule has 0 amide bonds. The van der Waals surface area contributed by atoms with Crippen LogP contribution in [-0.2, 0) is 16.0 Å². The third-order valence-corrected chi connectivity index (χ3v) is 6.13. The Labute approximate surface area is 189 Å². The van der Waals surface area contributed by atoms with E-state index in [1.807, 2.05) is 48.8 Å². The van der Waals surface area contributed by atoms with Gasteiger partial charge in [-0.25, -0.2) is 19.3 Å². The van der Waals surface area contributed by atoms with E-state index in [4.69, 9.17) is 14.5 Å². The van der Waals surface area contributed by atoms with Crippen LogP contribution in [0.4, 0.5) is 0 Å². The van der Waals surface area contributed by atoms with Gasteiger partial charge in [-0.1, -0.05) is 18.2 Å². The van der Waals surface area contributed by atoms with E-state index in [1.165, 1.54) is 0 Å². The van der Waals surface area contributed by atoms with Crippen LogP contribution in [0.25, 0.3) is 39.0 Å². The van der Waals surface area contributed by atoms with Crippen LogP contribution in [0.2, 0.25) is 0 Å². The van der Waals surface area contributed by atoms with Crippen molar-refractivity contribution in [2.75, 3.05) is 19.8 Å². The molecule has 5 heterocycles. The lowest BCUT2D eigenvalue weighted by molar-refractivity contribution is -0.0935. The van der Waals surface area contributed by atoms with Gasteiger partial charge in [0.1, 0.15) is 5.65 Å². The zero-order chi connectivity index (χ0) is 22.4. The molecule has 8 nitrogen and oxygen atoms in total. The van der Waals surface area contributed by atoms with Crippen LogP contribution in [0, 0.1) is 6.92 Å². The zero-order valence-electron chi connectivity index (χ0n) is 18.2. The Balaban J connectivity index is 1.53. The molecule has 166 valence electrons. The Kier molecular flexibility index (Phi) is 4.82. The van der Waals surface area contributed by atoms with Crippen LogP contribution in [-0.4, -0.2) is 50.0 Å². The summed E-state index contributed by atoms with van der Waals surface area (Å²) in [5, 5.41) is 1.07. The topological polar surface area (TPSA) is 87.0 Å². The number of aromatic nitrogens is 5. The molecule has 4 aromatic heterocycles. The number of nitrogens with one attached hydrogen (secondary N) is 1. The molecular formula is C25H23N5O3. The van der Waals surface area contributed by atoms with E-state index in [0.717, 1.165) is 38.9 Å². The molecule has 0 spiro atoms. The number of hydrogen-bond acceptors (Lipinski definition) is 5. The first-order valence-corrected chi connectivity index (χ1v) is 11.0. The molecule has 1 aliphatic heterocycles. The number of fused-ring (bicyclic) bond motifs is 2. The second kappa shape index (κ2) is 7.99. The Morgan fingerprint density at radius 3 is 2.73 bits per heavy atom. The standard InChI is InChI=1S/C25H23N5O3/c1-16-11-26-23-21(16)9-17(12-27-23)18-10-22-24(28-13-18)30(19-5-3-2-4-6-19)25(31)29(22)14-20-15-32-7-8-33-20/h2-6,9-13,20H,7-8,14-15H2,1H3,(H,26,27)/t20-/m0/s1. The highest BCUT2D eigenvalue weighted by atomic mass is 16.6. The number of imidazole rings is 1. The van der Waals surface area contributed by atoms with E-state index < -0.39 is 0 Å². The number of aromatic amines is 1. The minimum absolute atomic E-state index is 0.148. The van der Waals surface area contributed by atoms with Gasteiger partial charge in [0.25, 0.3) is 0 Å². The molecule has 1 N–H and O–H groups in total. The Morgan fingerprint density at radius 1 is 1.09 bits per heavy atom. The fraction of sp³-hybridized carbons (Fsp3) is 0.240. The highest BCUT2D eigenvalue weighted by Crippen LogP contribution is 2.27. The number of H-pyrrole nitrogens is 1. The predicted molar refractivity (Wildman–Crippen MR) is 126 cm³/mol. The molecule has 0 unspecified atom stereocenters. The van der Waals surface area contributed by atoms with Crippen LogP contribution in [0.15, 0.2) is 65.8 Å². The molecule has 33 heavy (non-hydrogen) atoms. The lowest BCUT2D eigenvalue weighted by Crippen LogP contribution is -2.35. The summed E-state index contributed by atoms with van der Waals surface area (Å²) in [6.07, 6.45) is 5.40. The molecule has 1 fully saturated rings. The lowest BCUT2D eigenvalue weighted by atomic mass is 10.1. The fourth-order valence-electron chi connectivity index (χ4n) is 4.41. The first-order valence-electron chi connectivity index (χ1n) is 11.0. The number of pyridine rings is 2.